The number of unbranched alkanes of at least 4 members (excludes halogenated alkanes) is 3. The Morgan fingerprint density at radius 1 is 0.947 bits per heavy atom. The number of thiophene rings is 1. The molecule has 0 atom stereocenters. The Hall–Kier alpha value is 0.979. The summed E-state index contributed by atoms with van der Waals surface area (Å²) in [5.41, 5.74) is 0. The zero-order chi connectivity index (χ0) is 14.1. The maximum atomic E-state index is 3.67. The van der Waals surface area contributed by atoms with Gasteiger partial charge in [-0.1, -0.05) is 0 Å². The normalized spacial score (nSPS) is 12.0. The average molecular weight is 452 g/mol. The summed E-state index contributed by atoms with van der Waals surface area (Å²) in [7, 11) is 0. The first kappa shape index (κ1) is 18.0. The van der Waals surface area contributed by atoms with Gasteiger partial charge < -0.3 is 0 Å². The number of hydrogen-bond acceptors (Lipinski definition) is 1. The fraction of sp³-hybridized carbons (Fsp3) is 0.750. The Morgan fingerprint density at radius 2 is 1.42 bits per heavy atom. The molecule has 0 fully saturated rings. The molecule has 110 valence electrons. The first-order valence-corrected chi connectivity index (χ1v) is 17.1. The summed E-state index contributed by atoms with van der Waals surface area (Å²) < 4.78 is 7.89. The molecular formula is C16H29BrSSn. The van der Waals surface area contributed by atoms with Crippen molar-refractivity contribution < 1.29 is 0 Å². The van der Waals surface area contributed by atoms with E-state index in [1.807, 2.05) is 2.89 Å². The van der Waals surface area contributed by atoms with E-state index in [4.69, 9.17) is 0 Å². The summed E-state index contributed by atoms with van der Waals surface area (Å²) in [5.74, 6) is 0. The van der Waals surface area contributed by atoms with E-state index in [0.29, 0.717) is 0 Å². The van der Waals surface area contributed by atoms with Gasteiger partial charge in [0, 0.05) is 0 Å². The second kappa shape index (κ2) is 9.83. The third-order valence-electron chi connectivity index (χ3n) is 4.12. The third kappa shape index (κ3) is 5.70. The van der Waals surface area contributed by atoms with Crippen LogP contribution in [0.5, 0.6) is 0 Å². The molecule has 1 heterocycles. The van der Waals surface area contributed by atoms with Crippen LogP contribution in [0.1, 0.15) is 59.3 Å². The van der Waals surface area contributed by atoms with Crippen molar-refractivity contribution in [2.45, 2.75) is 72.6 Å². The molecule has 0 N–H and O–H groups in total. The monoisotopic (exact) mass is 452 g/mol. The zero-order valence-electron chi connectivity index (χ0n) is 12.8. The predicted octanol–water partition coefficient (Wildman–Crippen LogP) is 6.57. The van der Waals surface area contributed by atoms with Gasteiger partial charge in [-0.2, -0.15) is 0 Å². The second-order valence-corrected chi connectivity index (χ2v) is 21.7. The molecule has 1 aromatic rings. The molecule has 0 spiro atoms. The van der Waals surface area contributed by atoms with Gasteiger partial charge in [0.25, 0.3) is 0 Å². The van der Waals surface area contributed by atoms with Gasteiger partial charge >= 0.3 is 137 Å². The van der Waals surface area contributed by atoms with Crippen molar-refractivity contribution in [2.24, 2.45) is 0 Å². The van der Waals surface area contributed by atoms with E-state index in [-0.39, 0.29) is 0 Å². The maximum absolute atomic E-state index is 3.67. The Bertz CT molecular complexity index is 326. The zero-order valence-corrected chi connectivity index (χ0v) is 18.1. The summed E-state index contributed by atoms with van der Waals surface area (Å²) in [5, 5.41) is 2.31. The molecule has 3 heteroatoms. The average Bonchev–Trinajstić information content (AvgIpc) is 2.85. The molecule has 0 radical (unpaired) electrons. The quantitative estimate of drug-likeness (QED) is 0.353. The van der Waals surface area contributed by atoms with E-state index in [9.17, 15) is 0 Å². The molecule has 0 saturated carbocycles. The molecule has 0 aromatic carbocycles. The van der Waals surface area contributed by atoms with Gasteiger partial charge in [-0.25, -0.2) is 0 Å². The molecule has 0 saturated heterocycles. The van der Waals surface area contributed by atoms with Crippen molar-refractivity contribution in [1.82, 2.24) is 0 Å². The number of hydrogen-bond donors (Lipinski definition) is 0. The SMILES string of the molecule is CCC[CH2][Sn]([CH2]CCC)([CH2]CCC)[c]1cc(Br)cs1. The van der Waals surface area contributed by atoms with Crippen molar-refractivity contribution in [3.05, 3.63) is 15.9 Å². The van der Waals surface area contributed by atoms with Gasteiger partial charge in [0.15, 0.2) is 0 Å². The number of halogens is 1. The van der Waals surface area contributed by atoms with Crippen LogP contribution in [0.15, 0.2) is 15.9 Å². The van der Waals surface area contributed by atoms with Crippen LogP contribution in [-0.4, -0.2) is 18.4 Å². The molecule has 0 amide bonds. The van der Waals surface area contributed by atoms with Crippen LogP contribution < -0.4 is 2.89 Å². The summed E-state index contributed by atoms with van der Waals surface area (Å²) >= 11 is 3.64. The van der Waals surface area contributed by atoms with E-state index in [1.165, 1.54) is 43.0 Å². The fourth-order valence-electron chi connectivity index (χ4n) is 2.88. The summed E-state index contributed by atoms with van der Waals surface area (Å²) in [6, 6.07) is 2.47. The van der Waals surface area contributed by atoms with Crippen molar-refractivity contribution in [2.75, 3.05) is 0 Å². The molecule has 0 aliphatic rings. The van der Waals surface area contributed by atoms with Crippen LogP contribution in [0.25, 0.3) is 0 Å². The van der Waals surface area contributed by atoms with Crippen LogP contribution >= 0.6 is 27.3 Å². The molecule has 1 aromatic heterocycles. The topological polar surface area (TPSA) is 0 Å². The van der Waals surface area contributed by atoms with Gasteiger partial charge in [0.1, 0.15) is 0 Å². The summed E-state index contributed by atoms with van der Waals surface area (Å²) in [4.78, 5) is 0. The van der Waals surface area contributed by atoms with E-state index < -0.39 is 18.4 Å². The van der Waals surface area contributed by atoms with E-state index in [0.717, 1.165) is 0 Å². The van der Waals surface area contributed by atoms with Crippen LogP contribution in [-0.2, 0) is 0 Å². The molecule has 0 bridgehead atoms. The molecular weight excluding hydrogens is 423 g/mol. The van der Waals surface area contributed by atoms with Crippen molar-refractivity contribution in [3.63, 3.8) is 0 Å². The minimum absolute atomic E-state index is 1.32. The van der Waals surface area contributed by atoms with Crippen LogP contribution in [0.3, 0.4) is 0 Å². The van der Waals surface area contributed by atoms with Gasteiger partial charge in [0.2, 0.25) is 0 Å². The Kier molecular flexibility index (Phi) is 9.33. The molecule has 19 heavy (non-hydrogen) atoms. The first-order chi connectivity index (χ1) is 9.18. The Balaban J connectivity index is 2.93. The molecule has 0 nitrogen and oxygen atoms in total. The van der Waals surface area contributed by atoms with Crippen LogP contribution in [0.4, 0.5) is 0 Å². The van der Waals surface area contributed by atoms with Crippen molar-refractivity contribution in [1.29, 1.82) is 0 Å². The second-order valence-electron chi connectivity index (χ2n) is 5.72. The molecule has 0 aliphatic heterocycles. The van der Waals surface area contributed by atoms with Crippen molar-refractivity contribution >= 4 is 48.5 Å². The molecule has 0 unspecified atom stereocenters. The Labute approximate surface area is 136 Å². The van der Waals surface area contributed by atoms with Gasteiger partial charge in [-0.15, -0.1) is 0 Å². The summed E-state index contributed by atoms with van der Waals surface area (Å²) in [6.45, 7) is 7.04. The van der Waals surface area contributed by atoms with Crippen LogP contribution in [0.2, 0.25) is 13.3 Å². The van der Waals surface area contributed by atoms with E-state index >= 15 is 0 Å². The van der Waals surface area contributed by atoms with Crippen LogP contribution in [0, 0.1) is 0 Å². The summed E-state index contributed by atoms with van der Waals surface area (Å²) in [6.07, 6.45) is 8.47. The Morgan fingerprint density at radius 3 is 1.74 bits per heavy atom. The van der Waals surface area contributed by atoms with Gasteiger partial charge in [0.05, 0.1) is 0 Å². The van der Waals surface area contributed by atoms with E-state index in [1.54, 1.807) is 13.3 Å². The van der Waals surface area contributed by atoms with Gasteiger partial charge in [-0.05, 0) is 0 Å². The minimum atomic E-state index is -2.09. The molecule has 0 aliphatic carbocycles. The third-order valence-corrected chi connectivity index (χ3v) is 24.2. The molecule has 1 rings (SSSR count). The first-order valence-electron chi connectivity index (χ1n) is 7.93. The van der Waals surface area contributed by atoms with Gasteiger partial charge in [-0.3, -0.25) is 0 Å². The fourth-order valence-corrected chi connectivity index (χ4v) is 24.0. The van der Waals surface area contributed by atoms with E-state index in [2.05, 4.69) is 59.5 Å². The predicted molar refractivity (Wildman–Crippen MR) is 96.6 cm³/mol. The number of rotatable bonds is 10. The standard InChI is InChI=1S/C4H2BrS.3C4H9.Sn/c5-4-1-2-6-3-4;3*1-3-4-2;/h1,3H;3*1,3-4H2,2H3;. The van der Waals surface area contributed by atoms with Crippen molar-refractivity contribution in [3.8, 4) is 0 Å².